The van der Waals surface area contributed by atoms with Gasteiger partial charge in [0.25, 0.3) is 0 Å². The van der Waals surface area contributed by atoms with Gasteiger partial charge in [-0.05, 0) is 28.9 Å². The van der Waals surface area contributed by atoms with Crippen molar-refractivity contribution in [2.24, 2.45) is 5.73 Å². The number of rotatable bonds is 2. The Hall–Kier alpha value is -0.490. The SMILES string of the molecule is Cc1nc(C(N)c2ccc(Br)c(Cl)c2F)cs1. The molecule has 0 amide bonds. The molecule has 90 valence electrons. The van der Waals surface area contributed by atoms with Crippen LogP contribution in [0.15, 0.2) is 22.0 Å². The van der Waals surface area contributed by atoms with Crippen LogP contribution in [0, 0.1) is 12.7 Å². The number of thiazole rings is 1. The molecule has 1 aromatic heterocycles. The summed E-state index contributed by atoms with van der Waals surface area (Å²) in [6, 6.07) is 2.70. The minimum Gasteiger partial charge on any atom is -0.319 e. The van der Waals surface area contributed by atoms with Crippen LogP contribution < -0.4 is 5.73 Å². The first kappa shape index (κ1) is 13.0. The van der Waals surface area contributed by atoms with E-state index in [0.29, 0.717) is 15.7 Å². The number of aromatic nitrogens is 1. The van der Waals surface area contributed by atoms with E-state index < -0.39 is 11.9 Å². The number of nitrogens with zero attached hydrogens (tertiary/aromatic N) is 1. The third-order valence-electron chi connectivity index (χ3n) is 2.36. The van der Waals surface area contributed by atoms with Gasteiger partial charge in [-0.3, -0.25) is 0 Å². The smallest absolute Gasteiger partial charge is 0.148 e. The molecule has 0 fully saturated rings. The molecular weight excluding hydrogens is 327 g/mol. The third-order valence-corrected chi connectivity index (χ3v) is 4.41. The van der Waals surface area contributed by atoms with Crippen molar-refractivity contribution in [2.45, 2.75) is 13.0 Å². The summed E-state index contributed by atoms with van der Waals surface area (Å²) in [4.78, 5) is 4.25. The van der Waals surface area contributed by atoms with E-state index in [-0.39, 0.29) is 5.02 Å². The van der Waals surface area contributed by atoms with E-state index in [1.165, 1.54) is 11.3 Å². The van der Waals surface area contributed by atoms with Gasteiger partial charge in [0, 0.05) is 15.4 Å². The fraction of sp³-hybridized carbons (Fsp3) is 0.182. The number of aryl methyl sites for hydroxylation is 1. The van der Waals surface area contributed by atoms with Gasteiger partial charge < -0.3 is 5.73 Å². The Bertz CT molecular complexity index is 558. The van der Waals surface area contributed by atoms with Crippen LogP contribution in [0.3, 0.4) is 0 Å². The van der Waals surface area contributed by atoms with E-state index in [2.05, 4.69) is 20.9 Å². The molecule has 2 aromatic rings. The molecule has 6 heteroatoms. The monoisotopic (exact) mass is 334 g/mol. The average Bonchev–Trinajstić information content (AvgIpc) is 2.72. The van der Waals surface area contributed by atoms with Gasteiger partial charge in [0.2, 0.25) is 0 Å². The summed E-state index contributed by atoms with van der Waals surface area (Å²) in [7, 11) is 0. The van der Waals surface area contributed by atoms with E-state index >= 15 is 0 Å². The highest BCUT2D eigenvalue weighted by molar-refractivity contribution is 9.10. The number of hydrogen-bond donors (Lipinski definition) is 1. The summed E-state index contributed by atoms with van der Waals surface area (Å²) in [5.74, 6) is -0.501. The van der Waals surface area contributed by atoms with Crippen LogP contribution in [0.4, 0.5) is 4.39 Å². The van der Waals surface area contributed by atoms with Crippen molar-refractivity contribution in [2.75, 3.05) is 0 Å². The van der Waals surface area contributed by atoms with Gasteiger partial charge in [-0.15, -0.1) is 11.3 Å². The maximum absolute atomic E-state index is 13.9. The first-order valence-electron chi connectivity index (χ1n) is 4.81. The van der Waals surface area contributed by atoms with Crippen LogP contribution in [0.2, 0.25) is 5.02 Å². The number of benzene rings is 1. The highest BCUT2D eigenvalue weighted by Gasteiger charge is 2.19. The molecular formula is C11H9BrClFN2S. The third kappa shape index (κ3) is 2.52. The maximum Gasteiger partial charge on any atom is 0.148 e. The Morgan fingerprint density at radius 2 is 2.24 bits per heavy atom. The topological polar surface area (TPSA) is 38.9 Å². The summed E-state index contributed by atoms with van der Waals surface area (Å²) < 4.78 is 14.5. The fourth-order valence-electron chi connectivity index (χ4n) is 1.46. The molecule has 1 unspecified atom stereocenters. The van der Waals surface area contributed by atoms with E-state index in [0.717, 1.165) is 5.01 Å². The Morgan fingerprint density at radius 1 is 1.53 bits per heavy atom. The van der Waals surface area contributed by atoms with Gasteiger partial charge in [-0.25, -0.2) is 9.37 Å². The zero-order valence-corrected chi connectivity index (χ0v) is 12.0. The maximum atomic E-state index is 13.9. The van der Waals surface area contributed by atoms with Crippen LogP contribution in [0.1, 0.15) is 22.3 Å². The lowest BCUT2D eigenvalue weighted by Gasteiger charge is -2.12. The van der Waals surface area contributed by atoms with Crippen molar-refractivity contribution in [1.82, 2.24) is 4.98 Å². The van der Waals surface area contributed by atoms with Gasteiger partial charge in [0.15, 0.2) is 0 Å². The molecule has 2 nitrogen and oxygen atoms in total. The lowest BCUT2D eigenvalue weighted by molar-refractivity contribution is 0.597. The molecule has 0 aliphatic carbocycles. The van der Waals surface area contributed by atoms with E-state index in [1.54, 1.807) is 12.1 Å². The van der Waals surface area contributed by atoms with E-state index in [9.17, 15) is 4.39 Å². The van der Waals surface area contributed by atoms with Crippen molar-refractivity contribution >= 4 is 38.9 Å². The Labute approximate surface area is 116 Å². The average molecular weight is 336 g/mol. The molecule has 2 rings (SSSR count). The van der Waals surface area contributed by atoms with Gasteiger partial charge in [0.05, 0.1) is 21.8 Å². The summed E-state index contributed by atoms with van der Waals surface area (Å²) in [6.07, 6.45) is 0. The largest absolute Gasteiger partial charge is 0.319 e. The molecule has 0 saturated heterocycles. The van der Waals surface area contributed by atoms with E-state index in [4.69, 9.17) is 17.3 Å². The zero-order chi connectivity index (χ0) is 12.6. The van der Waals surface area contributed by atoms with Crippen LogP contribution in [0.5, 0.6) is 0 Å². The van der Waals surface area contributed by atoms with Crippen molar-refractivity contribution in [1.29, 1.82) is 0 Å². The second kappa shape index (κ2) is 5.02. The Balaban J connectivity index is 2.44. The van der Waals surface area contributed by atoms with Crippen molar-refractivity contribution in [3.8, 4) is 0 Å². The second-order valence-corrected chi connectivity index (χ2v) is 5.83. The van der Waals surface area contributed by atoms with Crippen LogP contribution in [-0.4, -0.2) is 4.98 Å². The first-order chi connectivity index (χ1) is 8.00. The van der Waals surface area contributed by atoms with Gasteiger partial charge >= 0.3 is 0 Å². The molecule has 0 bridgehead atoms. The molecule has 0 aliphatic heterocycles. The number of hydrogen-bond acceptors (Lipinski definition) is 3. The normalized spacial score (nSPS) is 12.8. The first-order valence-corrected chi connectivity index (χ1v) is 6.86. The highest BCUT2D eigenvalue weighted by atomic mass is 79.9. The molecule has 0 saturated carbocycles. The standard InChI is InChI=1S/C11H9BrClFN2S/c1-5-16-8(4-17-5)11(15)6-2-3-7(12)9(13)10(6)14/h2-4,11H,15H2,1H3. The molecule has 2 N–H and O–H groups in total. The number of nitrogens with two attached hydrogens (primary N) is 1. The second-order valence-electron chi connectivity index (χ2n) is 3.53. The van der Waals surface area contributed by atoms with Crippen molar-refractivity contribution < 1.29 is 4.39 Å². The quantitative estimate of drug-likeness (QED) is 0.841. The molecule has 0 spiro atoms. The molecule has 0 aliphatic rings. The predicted molar refractivity (Wildman–Crippen MR) is 72.0 cm³/mol. The van der Waals surface area contributed by atoms with Gasteiger partial charge in [-0.1, -0.05) is 17.7 Å². The molecule has 1 heterocycles. The fourth-order valence-corrected chi connectivity index (χ4v) is 2.59. The Morgan fingerprint density at radius 3 is 2.82 bits per heavy atom. The minimum absolute atomic E-state index is 0.0462. The summed E-state index contributed by atoms with van der Waals surface area (Å²) >= 11 is 10.5. The summed E-state index contributed by atoms with van der Waals surface area (Å²) in [6.45, 7) is 1.88. The van der Waals surface area contributed by atoms with Crippen LogP contribution in [0.25, 0.3) is 0 Å². The van der Waals surface area contributed by atoms with Gasteiger partial charge in [-0.2, -0.15) is 0 Å². The molecule has 0 radical (unpaired) electrons. The lowest BCUT2D eigenvalue weighted by Crippen LogP contribution is -2.14. The summed E-state index contributed by atoms with van der Waals surface area (Å²) in [5, 5.41) is 2.78. The number of halogens is 3. The molecule has 1 atom stereocenters. The van der Waals surface area contributed by atoms with Crippen LogP contribution in [-0.2, 0) is 0 Å². The van der Waals surface area contributed by atoms with Gasteiger partial charge in [0.1, 0.15) is 5.82 Å². The van der Waals surface area contributed by atoms with Crippen LogP contribution >= 0.6 is 38.9 Å². The minimum atomic E-state index is -0.592. The zero-order valence-electron chi connectivity index (χ0n) is 8.88. The Kier molecular flexibility index (Phi) is 3.82. The molecule has 1 aromatic carbocycles. The van der Waals surface area contributed by atoms with E-state index in [1.807, 2.05) is 12.3 Å². The lowest BCUT2D eigenvalue weighted by atomic mass is 10.1. The predicted octanol–water partition coefficient (Wildman–Crippen LogP) is 4.05. The van der Waals surface area contributed by atoms with Crippen molar-refractivity contribution in [3.05, 3.63) is 49.1 Å². The summed E-state index contributed by atoms with van der Waals surface area (Å²) in [5.41, 5.74) is 6.99. The highest BCUT2D eigenvalue weighted by Crippen LogP contribution is 2.32. The van der Waals surface area contributed by atoms with Crippen molar-refractivity contribution in [3.63, 3.8) is 0 Å². The molecule has 17 heavy (non-hydrogen) atoms.